The van der Waals surface area contributed by atoms with Crippen molar-refractivity contribution in [1.82, 2.24) is 0 Å². The number of ether oxygens (including phenoxy) is 9. The molecule has 0 aliphatic carbocycles. The van der Waals surface area contributed by atoms with E-state index in [-0.39, 0.29) is 17.9 Å². The van der Waals surface area contributed by atoms with Crippen molar-refractivity contribution in [2.75, 3.05) is 61.0 Å². The van der Waals surface area contributed by atoms with E-state index in [2.05, 4.69) is 0 Å². The molecule has 0 N–H and O–H groups in total. The minimum atomic E-state index is -0.376. The Hall–Kier alpha value is -5.91. The summed E-state index contributed by atoms with van der Waals surface area (Å²) in [4.78, 5) is 34.9. The van der Waals surface area contributed by atoms with Crippen molar-refractivity contribution in [1.29, 1.82) is 0 Å². The molecule has 0 aliphatic heterocycles. The molecule has 0 saturated heterocycles. The van der Waals surface area contributed by atoms with E-state index in [0.29, 0.717) is 90.8 Å². The molecule has 0 unspecified atom stereocenters. The van der Waals surface area contributed by atoms with Gasteiger partial charge in [-0.2, -0.15) is 0 Å². The second-order valence-corrected chi connectivity index (χ2v) is 13.0. The van der Waals surface area contributed by atoms with Crippen LogP contribution in [0.5, 0.6) is 34.5 Å². The predicted molar refractivity (Wildman–Crippen MR) is 214 cm³/mol. The standard InChI is InChI=1S/C45H54O12/c1-49-43(46)34-13-19-37(20-14-34)52-25-7-4-10-28-55-40-31-41(56-29-11-5-8-26-53-38-21-15-35(16-22-38)44(47)50-2)33-42(32-40)57-30-12-6-9-27-54-39-23-17-36(18-24-39)45(48)51-3/h13-24,31-33H,4-12,25-30H2,1-3H3. The third kappa shape index (κ3) is 16.4. The molecule has 0 atom stereocenters. The number of carbonyl (C=O) groups excluding carboxylic acids is 3. The number of carbonyl (C=O) groups is 3. The number of rotatable bonds is 27. The third-order valence-corrected chi connectivity index (χ3v) is 8.66. The average Bonchev–Trinajstić information content (AvgIpc) is 3.25. The van der Waals surface area contributed by atoms with Crippen molar-refractivity contribution in [2.45, 2.75) is 57.8 Å². The SMILES string of the molecule is COC(=O)c1ccc(OCCCCCOc2cc(OCCCCCOc3ccc(C(=O)OC)cc3)cc(OCCCCCOc3ccc(C(=O)OC)cc3)c2)cc1. The van der Waals surface area contributed by atoms with Crippen LogP contribution in [0.1, 0.15) is 88.9 Å². The molecular weight excluding hydrogens is 732 g/mol. The van der Waals surface area contributed by atoms with Gasteiger partial charge in [0.2, 0.25) is 0 Å². The molecule has 0 bridgehead atoms. The molecule has 4 aromatic carbocycles. The van der Waals surface area contributed by atoms with E-state index in [4.69, 9.17) is 42.6 Å². The molecule has 306 valence electrons. The Balaban J connectivity index is 1.17. The van der Waals surface area contributed by atoms with Crippen LogP contribution in [0.25, 0.3) is 0 Å². The fourth-order valence-electron chi connectivity index (χ4n) is 5.49. The molecule has 0 aliphatic rings. The zero-order valence-corrected chi connectivity index (χ0v) is 33.2. The molecule has 0 aromatic heterocycles. The highest BCUT2D eigenvalue weighted by Gasteiger charge is 2.09. The van der Waals surface area contributed by atoms with Crippen LogP contribution in [0.15, 0.2) is 91.0 Å². The van der Waals surface area contributed by atoms with E-state index in [1.165, 1.54) is 21.3 Å². The second kappa shape index (κ2) is 25.3. The maximum absolute atomic E-state index is 11.6. The summed E-state index contributed by atoms with van der Waals surface area (Å²) in [6, 6.07) is 26.4. The van der Waals surface area contributed by atoms with Crippen molar-refractivity contribution >= 4 is 17.9 Å². The van der Waals surface area contributed by atoms with Gasteiger partial charge in [-0.05, 0) is 131 Å². The molecule has 0 amide bonds. The molecule has 0 heterocycles. The van der Waals surface area contributed by atoms with Gasteiger partial charge in [0.15, 0.2) is 0 Å². The monoisotopic (exact) mass is 786 g/mol. The second-order valence-electron chi connectivity index (χ2n) is 13.0. The van der Waals surface area contributed by atoms with Gasteiger partial charge in [0.1, 0.15) is 34.5 Å². The lowest BCUT2D eigenvalue weighted by atomic mass is 10.2. The lowest BCUT2D eigenvalue weighted by Gasteiger charge is -2.14. The minimum Gasteiger partial charge on any atom is -0.494 e. The topological polar surface area (TPSA) is 134 Å². The number of benzene rings is 4. The Bertz CT molecular complexity index is 1550. The van der Waals surface area contributed by atoms with Gasteiger partial charge in [-0.3, -0.25) is 0 Å². The van der Waals surface area contributed by atoms with E-state index in [0.717, 1.165) is 57.8 Å². The Morgan fingerprint density at radius 1 is 0.316 bits per heavy atom. The van der Waals surface area contributed by atoms with E-state index in [1.807, 2.05) is 18.2 Å². The zero-order valence-electron chi connectivity index (χ0n) is 33.2. The van der Waals surface area contributed by atoms with Gasteiger partial charge in [-0.1, -0.05) is 0 Å². The molecule has 4 rings (SSSR count). The van der Waals surface area contributed by atoms with Crippen molar-refractivity contribution in [3.05, 3.63) is 108 Å². The number of unbranched alkanes of at least 4 members (excludes halogenated alkanes) is 6. The van der Waals surface area contributed by atoms with Gasteiger partial charge >= 0.3 is 17.9 Å². The fourth-order valence-corrected chi connectivity index (χ4v) is 5.49. The van der Waals surface area contributed by atoms with Gasteiger partial charge in [-0.15, -0.1) is 0 Å². The van der Waals surface area contributed by atoms with Crippen LogP contribution in [0.3, 0.4) is 0 Å². The van der Waals surface area contributed by atoms with Crippen LogP contribution in [-0.4, -0.2) is 78.9 Å². The largest absolute Gasteiger partial charge is 0.494 e. The summed E-state index contributed by atoms with van der Waals surface area (Å²) in [5.41, 5.74) is 1.45. The summed E-state index contributed by atoms with van der Waals surface area (Å²) in [6.45, 7) is 3.29. The molecule has 57 heavy (non-hydrogen) atoms. The Labute approximate surface area is 335 Å². The molecule has 0 radical (unpaired) electrons. The quantitative estimate of drug-likeness (QED) is 0.0325. The molecule has 12 nitrogen and oxygen atoms in total. The van der Waals surface area contributed by atoms with Gasteiger partial charge in [0.25, 0.3) is 0 Å². The average molecular weight is 787 g/mol. The van der Waals surface area contributed by atoms with E-state index >= 15 is 0 Å². The summed E-state index contributed by atoms with van der Waals surface area (Å²) in [6.07, 6.45) is 7.89. The Morgan fingerprint density at radius 2 is 0.526 bits per heavy atom. The normalized spacial score (nSPS) is 10.6. The molecule has 0 fully saturated rings. The van der Waals surface area contributed by atoms with Crippen molar-refractivity contribution in [3.8, 4) is 34.5 Å². The Morgan fingerprint density at radius 3 is 0.737 bits per heavy atom. The van der Waals surface area contributed by atoms with Crippen molar-refractivity contribution < 1.29 is 57.0 Å². The van der Waals surface area contributed by atoms with Crippen LogP contribution < -0.4 is 28.4 Å². The van der Waals surface area contributed by atoms with Crippen LogP contribution in [-0.2, 0) is 14.2 Å². The van der Waals surface area contributed by atoms with Crippen LogP contribution in [0, 0.1) is 0 Å². The highest BCUT2D eigenvalue weighted by molar-refractivity contribution is 5.90. The van der Waals surface area contributed by atoms with E-state index in [1.54, 1.807) is 72.8 Å². The van der Waals surface area contributed by atoms with Crippen LogP contribution in [0.2, 0.25) is 0 Å². The molecule has 0 spiro atoms. The number of hydrogen-bond donors (Lipinski definition) is 0. The van der Waals surface area contributed by atoms with Gasteiger partial charge in [0, 0.05) is 18.2 Å². The summed E-state index contributed by atoms with van der Waals surface area (Å²) in [5, 5.41) is 0. The third-order valence-electron chi connectivity index (χ3n) is 8.66. The summed E-state index contributed by atoms with van der Waals surface area (Å²) in [7, 11) is 4.07. The highest BCUT2D eigenvalue weighted by Crippen LogP contribution is 2.29. The number of methoxy groups -OCH3 is 3. The molecule has 4 aromatic rings. The lowest BCUT2D eigenvalue weighted by Crippen LogP contribution is -2.04. The van der Waals surface area contributed by atoms with Gasteiger partial charge < -0.3 is 42.6 Å². The summed E-state index contributed by atoms with van der Waals surface area (Å²) >= 11 is 0. The highest BCUT2D eigenvalue weighted by atomic mass is 16.5. The minimum absolute atomic E-state index is 0.376. The summed E-state index contributed by atoms with van der Waals surface area (Å²) < 4.78 is 50.0. The predicted octanol–water partition coefficient (Wildman–Crippen LogP) is 8.93. The number of hydrogen-bond acceptors (Lipinski definition) is 12. The van der Waals surface area contributed by atoms with Crippen molar-refractivity contribution in [3.63, 3.8) is 0 Å². The Kier molecular flexibility index (Phi) is 19.4. The maximum Gasteiger partial charge on any atom is 0.337 e. The molecule has 0 saturated carbocycles. The van der Waals surface area contributed by atoms with Crippen LogP contribution >= 0.6 is 0 Å². The molecule has 12 heteroatoms. The van der Waals surface area contributed by atoms with Gasteiger partial charge in [-0.25, -0.2) is 14.4 Å². The van der Waals surface area contributed by atoms with Gasteiger partial charge in [0.05, 0.1) is 77.7 Å². The first-order valence-corrected chi connectivity index (χ1v) is 19.4. The first-order valence-electron chi connectivity index (χ1n) is 19.4. The number of esters is 3. The summed E-state index contributed by atoms with van der Waals surface area (Å²) in [5.74, 6) is 3.04. The van der Waals surface area contributed by atoms with Crippen LogP contribution in [0.4, 0.5) is 0 Å². The lowest BCUT2D eigenvalue weighted by molar-refractivity contribution is 0.0591. The zero-order chi connectivity index (χ0) is 40.5. The first kappa shape index (κ1) is 43.8. The van der Waals surface area contributed by atoms with E-state index < -0.39 is 0 Å². The van der Waals surface area contributed by atoms with E-state index in [9.17, 15) is 14.4 Å². The smallest absolute Gasteiger partial charge is 0.337 e. The maximum atomic E-state index is 11.6. The molecular formula is C45H54O12. The fraction of sp³-hybridized carbons (Fsp3) is 0.400. The first-order chi connectivity index (χ1) is 27.9. The van der Waals surface area contributed by atoms with Crippen molar-refractivity contribution in [2.24, 2.45) is 0 Å².